The first-order chi connectivity index (χ1) is 11.3. The van der Waals surface area contributed by atoms with Gasteiger partial charge in [0.2, 0.25) is 0 Å². The molecule has 0 bridgehead atoms. The van der Waals surface area contributed by atoms with Crippen LogP contribution in [0.4, 0.5) is 13.2 Å². The van der Waals surface area contributed by atoms with E-state index < -0.39 is 11.7 Å². The van der Waals surface area contributed by atoms with Crippen LogP contribution in [0.1, 0.15) is 11.1 Å². The molecule has 0 radical (unpaired) electrons. The number of benzene rings is 2. The third-order valence-electron chi connectivity index (χ3n) is 3.18. The van der Waals surface area contributed by atoms with E-state index in [4.69, 9.17) is 5.73 Å². The average Bonchev–Trinajstić information content (AvgIpc) is 2.80. The van der Waals surface area contributed by atoms with Crippen molar-refractivity contribution < 1.29 is 32.5 Å². The van der Waals surface area contributed by atoms with Gasteiger partial charge in [0.25, 0.3) is 0 Å². The number of fused-ring (bicyclic) bond motifs is 1. The third-order valence-corrected chi connectivity index (χ3v) is 5.79. The van der Waals surface area contributed by atoms with Crippen LogP contribution in [-0.2, 0) is 32.1 Å². The summed E-state index contributed by atoms with van der Waals surface area (Å²) in [6.07, 6.45) is -4.26. The first-order valence-corrected chi connectivity index (χ1v) is 8.62. The molecule has 132 valence electrons. The zero-order chi connectivity index (χ0) is 17.9. The van der Waals surface area contributed by atoms with Gasteiger partial charge in [0.15, 0.2) is 0 Å². The van der Waals surface area contributed by atoms with E-state index in [1.165, 1.54) is 12.1 Å². The molecule has 3 nitrogen and oxygen atoms in total. The predicted molar refractivity (Wildman–Crippen MR) is 91.3 cm³/mol. The monoisotopic (exact) mass is 552 g/mol. The van der Waals surface area contributed by atoms with Crippen molar-refractivity contribution >= 4 is 36.7 Å². The summed E-state index contributed by atoms with van der Waals surface area (Å²) in [5.41, 5.74) is 7.43. The number of aromatic nitrogens is 2. The predicted octanol–water partition coefficient (Wildman–Crippen LogP) is 4.07. The second-order valence-corrected chi connectivity index (χ2v) is 6.57. The molecule has 0 saturated carbocycles. The fourth-order valence-electron chi connectivity index (χ4n) is 1.93. The average molecular weight is 553 g/mol. The van der Waals surface area contributed by atoms with Crippen molar-refractivity contribution in [3.05, 3.63) is 63.5 Å². The number of nitrogens with zero attached hydrogens (tertiary/aromatic N) is 2. The van der Waals surface area contributed by atoms with Crippen LogP contribution in [0.5, 0.6) is 0 Å². The Labute approximate surface area is 158 Å². The first-order valence-electron chi connectivity index (χ1n) is 6.68. The summed E-state index contributed by atoms with van der Waals surface area (Å²) in [4.78, 5) is 0. The van der Waals surface area contributed by atoms with E-state index in [1.807, 2.05) is 32.2 Å². The van der Waals surface area contributed by atoms with E-state index in [1.54, 1.807) is 0 Å². The van der Waals surface area contributed by atoms with Crippen LogP contribution in [0.15, 0.2) is 48.5 Å². The number of halogens is 3. The van der Waals surface area contributed by atoms with Gasteiger partial charge in [-0.3, -0.25) is 0 Å². The number of imidazole rings is 1. The molecule has 0 fully saturated rings. The Hall–Kier alpha value is -0.952. The van der Waals surface area contributed by atoms with Gasteiger partial charge in [-0.25, -0.2) is 0 Å². The SMILES string of the molecule is NCc1ccc(C(F)(F)F)cc1.Sn1[c](=[Pt])n(S)c2ccccc21. The van der Waals surface area contributed by atoms with Crippen molar-refractivity contribution in [2.45, 2.75) is 12.7 Å². The zero-order valence-corrected chi connectivity index (χ0v) is 16.2. The summed E-state index contributed by atoms with van der Waals surface area (Å²) >= 11 is 10.8. The van der Waals surface area contributed by atoms with Crippen molar-refractivity contribution in [1.82, 2.24) is 7.94 Å². The van der Waals surface area contributed by atoms with Crippen molar-refractivity contribution in [1.29, 1.82) is 0 Å². The Bertz CT molecular complexity index is 844. The molecule has 0 atom stereocenters. The molecular weight excluding hydrogens is 538 g/mol. The number of para-hydroxylation sites is 2. The van der Waals surface area contributed by atoms with Gasteiger partial charge < -0.3 is 5.73 Å². The van der Waals surface area contributed by atoms with Gasteiger partial charge >= 0.3 is 98.2 Å². The van der Waals surface area contributed by atoms with Crippen molar-refractivity contribution in [3.8, 4) is 0 Å². The molecule has 0 aliphatic carbocycles. The van der Waals surface area contributed by atoms with E-state index in [-0.39, 0.29) is 6.54 Å². The fourth-order valence-corrected chi connectivity index (χ4v) is 3.06. The molecule has 0 spiro atoms. The second kappa shape index (κ2) is 7.95. The van der Waals surface area contributed by atoms with Gasteiger partial charge in [-0.1, -0.05) is 12.1 Å². The summed E-state index contributed by atoms with van der Waals surface area (Å²) in [6.45, 7) is 0.262. The summed E-state index contributed by atoms with van der Waals surface area (Å²) in [7, 11) is 0. The van der Waals surface area contributed by atoms with Gasteiger partial charge in [0.05, 0.1) is 5.56 Å². The Morgan fingerprint density at radius 3 is 1.75 bits per heavy atom. The van der Waals surface area contributed by atoms with E-state index in [0.717, 1.165) is 27.0 Å². The number of thiol groups is 2. The molecule has 0 amide bonds. The minimum atomic E-state index is -4.26. The molecule has 1 aromatic heterocycles. The maximum absolute atomic E-state index is 12.0. The van der Waals surface area contributed by atoms with E-state index >= 15 is 0 Å². The summed E-state index contributed by atoms with van der Waals surface area (Å²) in [5.74, 6) is 0. The van der Waals surface area contributed by atoms with Crippen LogP contribution in [0, 0.1) is 3.80 Å². The number of alkyl halides is 3. The molecule has 0 unspecified atom stereocenters. The molecule has 0 aliphatic rings. The number of nitrogens with two attached hydrogens (primary N) is 1. The third kappa shape index (κ3) is 4.36. The van der Waals surface area contributed by atoms with Gasteiger partial charge in [0.1, 0.15) is 0 Å². The Balaban J connectivity index is 0.000000174. The molecule has 2 aromatic carbocycles. The fraction of sp³-hybridized carbons (Fsp3) is 0.133. The van der Waals surface area contributed by atoms with E-state index in [0.29, 0.717) is 5.56 Å². The second-order valence-electron chi connectivity index (χ2n) is 4.75. The van der Waals surface area contributed by atoms with Crippen LogP contribution in [0.25, 0.3) is 11.0 Å². The van der Waals surface area contributed by atoms with Gasteiger partial charge in [-0.15, -0.1) is 0 Å². The van der Waals surface area contributed by atoms with Crippen LogP contribution >= 0.6 is 25.6 Å². The first kappa shape index (κ1) is 19.4. The minimum absolute atomic E-state index is 0.262. The quantitative estimate of drug-likeness (QED) is 0.392. The molecule has 2 N–H and O–H groups in total. The Kier molecular flexibility index (Phi) is 6.42. The molecular formula is C15H14F3N3PtS2. The number of hydrogen-bond donors (Lipinski definition) is 3. The van der Waals surface area contributed by atoms with Crippen molar-refractivity contribution in [2.24, 2.45) is 5.73 Å². The summed E-state index contributed by atoms with van der Waals surface area (Å²) in [6, 6.07) is 12.8. The summed E-state index contributed by atoms with van der Waals surface area (Å²) in [5, 5.41) is 0. The zero-order valence-electron chi connectivity index (χ0n) is 12.1. The standard InChI is InChI=1S/C8H8F3N.C7H6N2S2.Pt/c9-8(10,11)7-3-1-6(5-12)2-4-7;10-8-5-9(11)7-4-2-1-3-6(7)8;/h1-4H,5,12H2;1-4,10-11H;. The Morgan fingerprint density at radius 1 is 0.917 bits per heavy atom. The molecule has 1 heterocycles. The number of hydrogen-bond acceptors (Lipinski definition) is 3. The number of rotatable bonds is 1. The van der Waals surface area contributed by atoms with Gasteiger partial charge in [-0.2, -0.15) is 13.2 Å². The molecule has 3 aromatic rings. The molecule has 0 aliphatic heterocycles. The van der Waals surface area contributed by atoms with Gasteiger partial charge in [0, 0.05) is 6.54 Å². The molecule has 3 rings (SSSR count). The van der Waals surface area contributed by atoms with Crippen LogP contribution in [0.3, 0.4) is 0 Å². The molecule has 24 heavy (non-hydrogen) atoms. The van der Waals surface area contributed by atoms with Crippen LogP contribution in [0.2, 0.25) is 0 Å². The molecule has 9 heteroatoms. The van der Waals surface area contributed by atoms with Crippen LogP contribution < -0.4 is 5.73 Å². The normalized spacial score (nSPS) is 11.3. The van der Waals surface area contributed by atoms with Gasteiger partial charge in [-0.05, 0) is 17.7 Å². The topological polar surface area (TPSA) is 35.9 Å². The van der Waals surface area contributed by atoms with E-state index in [2.05, 4.69) is 45.0 Å². The van der Waals surface area contributed by atoms with Crippen molar-refractivity contribution in [2.75, 3.05) is 0 Å². The van der Waals surface area contributed by atoms with Crippen molar-refractivity contribution in [3.63, 3.8) is 0 Å². The summed E-state index contributed by atoms with van der Waals surface area (Å²) < 4.78 is 40.6. The Morgan fingerprint density at radius 2 is 1.38 bits per heavy atom. The van der Waals surface area contributed by atoms with Crippen LogP contribution in [-0.4, -0.2) is 7.94 Å². The maximum atomic E-state index is 12.0. The molecule has 0 saturated heterocycles. The van der Waals surface area contributed by atoms with E-state index in [9.17, 15) is 13.2 Å².